The third kappa shape index (κ3) is 2.65. The van der Waals surface area contributed by atoms with Gasteiger partial charge in [0.1, 0.15) is 6.04 Å². The quantitative estimate of drug-likeness (QED) is 0.730. The predicted octanol–water partition coefficient (Wildman–Crippen LogP) is 0.602. The molecule has 0 unspecified atom stereocenters. The number of amides is 2. The van der Waals surface area contributed by atoms with Gasteiger partial charge < -0.3 is 15.7 Å². The van der Waals surface area contributed by atoms with Crippen LogP contribution >= 0.6 is 0 Å². The number of anilines is 1. The molecule has 6 heteroatoms. The Balaban J connectivity index is 2.05. The zero-order chi connectivity index (χ0) is 13.1. The van der Waals surface area contributed by atoms with E-state index in [1.807, 2.05) is 0 Å². The molecule has 0 spiro atoms. The molecule has 1 saturated heterocycles. The second-order valence-electron chi connectivity index (χ2n) is 4.03. The van der Waals surface area contributed by atoms with Crippen molar-refractivity contribution < 1.29 is 19.5 Å². The predicted molar refractivity (Wildman–Crippen MR) is 63.2 cm³/mol. The van der Waals surface area contributed by atoms with E-state index in [0.29, 0.717) is 18.5 Å². The van der Waals surface area contributed by atoms with Gasteiger partial charge in [0.2, 0.25) is 11.8 Å². The summed E-state index contributed by atoms with van der Waals surface area (Å²) in [6.07, 6.45) is 0.802. The Morgan fingerprint density at radius 1 is 1.39 bits per heavy atom. The van der Waals surface area contributed by atoms with Crippen LogP contribution in [0.15, 0.2) is 24.3 Å². The molecule has 94 valence electrons. The Labute approximate surface area is 103 Å². The van der Waals surface area contributed by atoms with Crippen LogP contribution in [0.25, 0.3) is 0 Å². The maximum atomic E-state index is 11.8. The van der Waals surface area contributed by atoms with Gasteiger partial charge in [0, 0.05) is 12.1 Å². The number of carbonyl (C=O) groups is 3. The lowest BCUT2D eigenvalue weighted by Crippen LogP contribution is -2.37. The highest BCUT2D eigenvalue weighted by Crippen LogP contribution is 2.13. The first kappa shape index (κ1) is 12.1. The van der Waals surface area contributed by atoms with Gasteiger partial charge in [-0.15, -0.1) is 0 Å². The lowest BCUT2D eigenvalue weighted by molar-refractivity contribution is -0.122. The number of nitrogens with one attached hydrogen (secondary N) is 2. The molecule has 2 amide bonds. The first-order valence-corrected chi connectivity index (χ1v) is 5.50. The van der Waals surface area contributed by atoms with E-state index in [4.69, 9.17) is 5.11 Å². The fourth-order valence-corrected chi connectivity index (χ4v) is 1.77. The second-order valence-corrected chi connectivity index (χ2v) is 4.03. The SMILES string of the molecule is O=C1CC[C@@H](C(=O)Nc2cccc(C(=O)O)c2)N1. The van der Waals surface area contributed by atoms with Crippen LogP contribution in [0.2, 0.25) is 0 Å². The van der Waals surface area contributed by atoms with E-state index in [1.165, 1.54) is 12.1 Å². The van der Waals surface area contributed by atoms with Crippen LogP contribution in [0.4, 0.5) is 5.69 Å². The van der Waals surface area contributed by atoms with Crippen molar-refractivity contribution in [2.75, 3.05) is 5.32 Å². The van der Waals surface area contributed by atoms with Gasteiger partial charge in [-0.1, -0.05) is 6.07 Å². The number of benzene rings is 1. The minimum atomic E-state index is -1.06. The molecule has 1 aromatic carbocycles. The van der Waals surface area contributed by atoms with E-state index in [1.54, 1.807) is 12.1 Å². The van der Waals surface area contributed by atoms with Crippen LogP contribution < -0.4 is 10.6 Å². The molecule has 1 aromatic rings. The molecule has 2 rings (SSSR count). The number of carboxylic acid groups (broad SMARTS) is 1. The molecule has 0 radical (unpaired) electrons. The van der Waals surface area contributed by atoms with Crippen molar-refractivity contribution in [3.8, 4) is 0 Å². The first-order chi connectivity index (χ1) is 8.56. The van der Waals surface area contributed by atoms with E-state index >= 15 is 0 Å². The van der Waals surface area contributed by atoms with Crippen LogP contribution in [0.3, 0.4) is 0 Å². The normalized spacial score (nSPS) is 18.2. The molecule has 1 aliphatic rings. The number of hydrogen-bond donors (Lipinski definition) is 3. The Morgan fingerprint density at radius 2 is 2.17 bits per heavy atom. The molecule has 1 fully saturated rings. The molecule has 1 heterocycles. The van der Waals surface area contributed by atoms with E-state index in [0.717, 1.165) is 0 Å². The zero-order valence-electron chi connectivity index (χ0n) is 9.47. The Bertz CT molecular complexity index is 513. The summed E-state index contributed by atoms with van der Waals surface area (Å²) >= 11 is 0. The first-order valence-electron chi connectivity index (χ1n) is 5.50. The van der Waals surface area contributed by atoms with Gasteiger partial charge in [-0.05, 0) is 24.6 Å². The Morgan fingerprint density at radius 3 is 2.78 bits per heavy atom. The molecular weight excluding hydrogens is 236 g/mol. The number of aromatic carboxylic acids is 1. The number of rotatable bonds is 3. The topological polar surface area (TPSA) is 95.5 Å². The van der Waals surface area contributed by atoms with Crippen LogP contribution in [0, 0.1) is 0 Å². The Kier molecular flexibility index (Phi) is 3.27. The number of carbonyl (C=O) groups excluding carboxylic acids is 2. The third-order valence-electron chi connectivity index (χ3n) is 2.69. The maximum Gasteiger partial charge on any atom is 0.335 e. The molecule has 3 N–H and O–H groups in total. The fraction of sp³-hybridized carbons (Fsp3) is 0.250. The second kappa shape index (κ2) is 4.87. The molecule has 6 nitrogen and oxygen atoms in total. The summed E-state index contributed by atoms with van der Waals surface area (Å²) < 4.78 is 0. The number of hydrogen-bond acceptors (Lipinski definition) is 3. The average Bonchev–Trinajstić information content (AvgIpc) is 2.76. The van der Waals surface area contributed by atoms with Gasteiger partial charge in [0.05, 0.1) is 5.56 Å². The highest BCUT2D eigenvalue weighted by Gasteiger charge is 2.27. The summed E-state index contributed by atoms with van der Waals surface area (Å²) in [4.78, 5) is 33.5. The van der Waals surface area contributed by atoms with E-state index in [9.17, 15) is 14.4 Å². The summed E-state index contributed by atoms with van der Waals surface area (Å²) in [5.74, 6) is -1.53. The molecular formula is C12H12N2O4. The molecule has 0 bridgehead atoms. The van der Waals surface area contributed by atoms with Crippen molar-refractivity contribution in [3.63, 3.8) is 0 Å². The van der Waals surface area contributed by atoms with Gasteiger partial charge in [-0.25, -0.2) is 4.79 Å². The third-order valence-corrected chi connectivity index (χ3v) is 2.69. The van der Waals surface area contributed by atoms with E-state index in [-0.39, 0.29) is 17.4 Å². The van der Waals surface area contributed by atoms with Gasteiger partial charge in [-0.3, -0.25) is 9.59 Å². The van der Waals surface area contributed by atoms with Crippen LogP contribution in [0.1, 0.15) is 23.2 Å². The maximum absolute atomic E-state index is 11.8. The van der Waals surface area contributed by atoms with Gasteiger partial charge in [0.15, 0.2) is 0 Å². The summed E-state index contributed by atoms with van der Waals surface area (Å²) in [5, 5.41) is 13.9. The number of carboxylic acids is 1. The average molecular weight is 248 g/mol. The van der Waals surface area contributed by atoms with Crippen molar-refractivity contribution >= 4 is 23.5 Å². The zero-order valence-corrected chi connectivity index (χ0v) is 9.47. The standard InChI is InChI=1S/C12H12N2O4/c15-10-5-4-9(14-10)11(16)13-8-3-1-2-7(6-8)12(17)18/h1-3,6,9H,4-5H2,(H,13,16)(H,14,15)(H,17,18)/t9-/m0/s1. The van der Waals surface area contributed by atoms with Crippen molar-refractivity contribution in [1.29, 1.82) is 0 Å². The minimum Gasteiger partial charge on any atom is -0.478 e. The summed E-state index contributed by atoms with van der Waals surface area (Å²) in [6, 6.07) is 5.42. The van der Waals surface area contributed by atoms with E-state index < -0.39 is 12.0 Å². The van der Waals surface area contributed by atoms with Crippen molar-refractivity contribution in [3.05, 3.63) is 29.8 Å². The Hall–Kier alpha value is -2.37. The van der Waals surface area contributed by atoms with Gasteiger partial charge in [0.25, 0.3) is 0 Å². The highest BCUT2D eigenvalue weighted by atomic mass is 16.4. The molecule has 1 atom stereocenters. The minimum absolute atomic E-state index is 0.100. The molecule has 0 aliphatic carbocycles. The highest BCUT2D eigenvalue weighted by molar-refractivity contribution is 5.99. The smallest absolute Gasteiger partial charge is 0.335 e. The largest absolute Gasteiger partial charge is 0.478 e. The molecule has 0 aromatic heterocycles. The van der Waals surface area contributed by atoms with Gasteiger partial charge >= 0.3 is 5.97 Å². The molecule has 18 heavy (non-hydrogen) atoms. The molecule has 1 aliphatic heterocycles. The lowest BCUT2D eigenvalue weighted by Gasteiger charge is -2.11. The summed E-state index contributed by atoms with van der Waals surface area (Å²) in [5.41, 5.74) is 0.504. The molecule has 0 saturated carbocycles. The monoisotopic (exact) mass is 248 g/mol. The lowest BCUT2D eigenvalue weighted by atomic mass is 10.2. The fourth-order valence-electron chi connectivity index (χ4n) is 1.77. The van der Waals surface area contributed by atoms with E-state index in [2.05, 4.69) is 10.6 Å². The van der Waals surface area contributed by atoms with Crippen LogP contribution in [-0.4, -0.2) is 28.9 Å². The summed E-state index contributed by atoms with van der Waals surface area (Å²) in [6.45, 7) is 0. The van der Waals surface area contributed by atoms with Crippen molar-refractivity contribution in [1.82, 2.24) is 5.32 Å². The summed E-state index contributed by atoms with van der Waals surface area (Å²) in [7, 11) is 0. The van der Waals surface area contributed by atoms with Crippen molar-refractivity contribution in [2.24, 2.45) is 0 Å². The van der Waals surface area contributed by atoms with Crippen LogP contribution in [-0.2, 0) is 9.59 Å². The van der Waals surface area contributed by atoms with Crippen molar-refractivity contribution in [2.45, 2.75) is 18.9 Å². The van der Waals surface area contributed by atoms with Gasteiger partial charge in [-0.2, -0.15) is 0 Å². The van der Waals surface area contributed by atoms with Crippen LogP contribution in [0.5, 0.6) is 0 Å².